The number of carbonyl (C=O) groups is 1. The topological polar surface area (TPSA) is 40.5 Å². The molecule has 1 saturated heterocycles. The minimum Gasteiger partial charge on any atom is -0.478 e. The van der Waals surface area contributed by atoms with E-state index in [1.54, 1.807) is 0 Å². The van der Waals surface area contributed by atoms with Crippen LogP contribution in [0.15, 0.2) is 24.3 Å². The highest BCUT2D eigenvalue weighted by Crippen LogP contribution is 2.22. The molecule has 0 spiro atoms. The molecule has 1 aliphatic heterocycles. The van der Waals surface area contributed by atoms with Crippen molar-refractivity contribution in [2.75, 3.05) is 13.1 Å². The van der Waals surface area contributed by atoms with Gasteiger partial charge in [-0.05, 0) is 48.2 Å². The summed E-state index contributed by atoms with van der Waals surface area (Å²) in [5.74, 6) is -0.602. The zero-order valence-corrected chi connectivity index (χ0v) is 11.7. The van der Waals surface area contributed by atoms with Crippen LogP contribution < -0.4 is 0 Å². The molecule has 0 radical (unpaired) electrons. The monoisotopic (exact) mass is 277 g/mol. The average Bonchev–Trinajstić information content (AvgIpc) is 2.83. The fourth-order valence-electron chi connectivity index (χ4n) is 2.68. The third-order valence-corrected chi connectivity index (χ3v) is 3.75. The van der Waals surface area contributed by atoms with E-state index in [4.69, 9.17) is 5.11 Å². The van der Waals surface area contributed by atoms with E-state index >= 15 is 0 Å². The molecule has 1 fully saturated rings. The highest BCUT2D eigenvalue weighted by molar-refractivity contribution is 5.85. The molecule has 1 aromatic carbocycles. The fraction of sp³-hybridized carbons (Fsp3) is 0.438. The summed E-state index contributed by atoms with van der Waals surface area (Å²) in [6.45, 7) is 5.04. The molecule has 0 bridgehead atoms. The number of aliphatic carboxylic acids is 1. The normalized spacial score (nSPS) is 19.8. The molecular weight excluding hydrogens is 257 g/mol. The Morgan fingerprint density at radius 3 is 2.95 bits per heavy atom. The summed E-state index contributed by atoms with van der Waals surface area (Å²) in [6, 6.07) is 4.72. The van der Waals surface area contributed by atoms with E-state index in [2.05, 4.69) is 11.8 Å². The first kappa shape index (κ1) is 14.7. The van der Waals surface area contributed by atoms with Crippen molar-refractivity contribution in [3.8, 4) is 0 Å². The molecule has 108 valence electrons. The van der Waals surface area contributed by atoms with Gasteiger partial charge >= 0.3 is 5.97 Å². The number of hydrogen-bond donors (Lipinski definition) is 1. The Labute approximate surface area is 118 Å². The molecule has 1 aliphatic rings. The summed E-state index contributed by atoms with van der Waals surface area (Å²) in [4.78, 5) is 12.8. The Hall–Kier alpha value is -1.68. The minimum atomic E-state index is -1.03. The molecule has 1 atom stereocenters. The average molecular weight is 277 g/mol. The van der Waals surface area contributed by atoms with Gasteiger partial charge in [-0.3, -0.25) is 4.90 Å². The second kappa shape index (κ2) is 6.66. The maximum Gasteiger partial charge on any atom is 0.328 e. The first-order chi connectivity index (χ1) is 9.56. The molecule has 0 aliphatic carbocycles. The maximum absolute atomic E-state index is 13.6. The third kappa shape index (κ3) is 4.17. The highest BCUT2D eigenvalue weighted by atomic mass is 19.1. The van der Waals surface area contributed by atoms with Gasteiger partial charge in [-0.25, -0.2) is 9.18 Å². The lowest BCUT2D eigenvalue weighted by Crippen LogP contribution is -2.20. The summed E-state index contributed by atoms with van der Waals surface area (Å²) >= 11 is 0. The third-order valence-electron chi connectivity index (χ3n) is 3.75. The molecule has 1 heterocycles. The standard InChI is InChI=1S/C16H20FNO2/c1-2-12-5-6-18(10-12)11-14-7-13(3-4-16(19)20)8-15(17)9-14/h3-4,7-9,12H,2,5-6,10-11H2,1H3,(H,19,20)/b4-3+. The van der Waals surface area contributed by atoms with Crippen LogP contribution in [0.2, 0.25) is 0 Å². The van der Waals surface area contributed by atoms with Gasteiger partial charge in [0, 0.05) is 19.2 Å². The molecule has 4 heteroatoms. The lowest BCUT2D eigenvalue weighted by Gasteiger charge is -2.16. The number of halogens is 1. The number of carboxylic acids is 1. The van der Waals surface area contributed by atoms with E-state index in [-0.39, 0.29) is 5.82 Å². The van der Waals surface area contributed by atoms with E-state index in [9.17, 15) is 9.18 Å². The van der Waals surface area contributed by atoms with Gasteiger partial charge in [0.1, 0.15) is 5.82 Å². The Morgan fingerprint density at radius 2 is 2.30 bits per heavy atom. The number of nitrogens with zero attached hydrogens (tertiary/aromatic N) is 1. The minimum absolute atomic E-state index is 0.321. The lowest BCUT2D eigenvalue weighted by molar-refractivity contribution is -0.131. The van der Waals surface area contributed by atoms with E-state index in [1.807, 2.05) is 6.07 Å². The molecular formula is C16H20FNO2. The van der Waals surface area contributed by atoms with Crippen LogP contribution in [0.4, 0.5) is 4.39 Å². The van der Waals surface area contributed by atoms with Gasteiger partial charge in [0.25, 0.3) is 0 Å². The van der Waals surface area contributed by atoms with E-state index in [0.717, 1.165) is 37.2 Å². The zero-order chi connectivity index (χ0) is 14.5. The van der Waals surface area contributed by atoms with Gasteiger partial charge in [-0.15, -0.1) is 0 Å². The van der Waals surface area contributed by atoms with Gasteiger partial charge in [0.05, 0.1) is 0 Å². The van der Waals surface area contributed by atoms with Crippen LogP contribution in [0.3, 0.4) is 0 Å². The largest absolute Gasteiger partial charge is 0.478 e. The van der Waals surface area contributed by atoms with E-state index < -0.39 is 5.97 Å². The van der Waals surface area contributed by atoms with Crippen LogP contribution in [0.5, 0.6) is 0 Å². The smallest absolute Gasteiger partial charge is 0.328 e. The van der Waals surface area contributed by atoms with Gasteiger partial charge in [-0.1, -0.05) is 19.4 Å². The van der Waals surface area contributed by atoms with Crippen molar-refractivity contribution in [3.05, 3.63) is 41.2 Å². The SMILES string of the molecule is CCC1CCN(Cc2cc(F)cc(/C=C/C(=O)O)c2)C1. The Morgan fingerprint density at radius 1 is 1.50 bits per heavy atom. The number of rotatable bonds is 5. The zero-order valence-electron chi connectivity index (χ0n) is 11.7. The molecule has 3 nitrogen and oxygen atoms in total. The Bertz CT molecular complexity index is 513. The molecule has 2 rings (SSSR count). The van der Waals surface area contributed by atoms with Crippen LogP contribution in [0, 0.1) is 11.7 Å². The number of hydrogen-bond acceptors (Lipinski definition) is 2. The Balaban J connectivity index is 2.06. The second-order valence-electron chi connectivity index (χ2n) is 5.36. The number of carboxylic acid groups (broad SMARTS) is 1. The first-order valence-electron chi connectivity index (χ1n) is 6.99. The number of benzene rings is 1. The van der Waals surface area contributed by atoms with Crippen LogP contribution in [0.1, 0.15) is 30.9 Å². The summed E-state index contributed by atoms with van der Waals surface area (Å²) in [5.41, 5.74) is 1.49. The number of likely N-dealkylation sites (tertiary alicyclic amines) is 1. The summed E-state index contributed by atoms with van der Waals surface area (Å²) in [6.07, 6.45) is 4.85. The summed E-state index contributed by atoms with van der Waals surface area (Å²) in [7, 11) is 0. The molecule has 20 heavy (non-hydrogen) atoms. The molecule has 1 aromatic rings. The highest BCUT2D eigenvalue weighted by Gasteiger charge is 2.20. The van der Waals surface area contributed by atoms with E-state index in [0.29, 0.717) is 5.56 Å². The first-order valence-corrected chi connectivity index (χ1v) is 6.99. The van der Waals surface area contributed by atoms with Crippen molar-refractivity contribution in [1.82, 2.24) is 4.90 Å². The predicted octanol–water partition coefficient (Wildman–Crippen LogP) is 3.16. The molecule has 1 unspecified atom stereocenters. The van der Waals surface area contributed by atoms with Crippen LogP contribution >= 0.6 is 0 Å². The van der Waals surface area contributed by atoms with Crippen molar-refractivity contribution in [1.29, 1.82) is 0 Å². The van der Waals surface area contributed by atoms with Crippen LogP contribution in [-0.4, -0.2) is 29.1 Å². The fourth-order valence-corrected chi connectivity index (χ4v) is 2.68. The van der Waals surface area contributed by atoms with Gasteiger partial charge in [0.2, 0.25) is 0 Å². The van der Waals surface area contributed by atoms with Gasteiger partial charge < -0.3 is 5.11 Å². The van der Waals surface area contributed by atoms with Gasteiger partial charge in [0.15, 0.2) is 0 Å². The Kier molecular flexibility index (Phi) is 4.90. The van der Waals surface area contributed by atoms with Crippen molar-refractivity contribution in [3.63, 3.8) is 0 Å². The van der Waals surface area contributed by atoms with E-state index in [1.165, 1.54) is 31.1 Å². The molecule has 1 N–H and O–H groups in total. The van der Waals surface area contributed by atoms with Crippen molar-refractivity contribution < 1.29 is 14.3 Å². The summed E-state index contributed by atoms with van der Waals surface area (Å²) in [5, 5.41) is 8.61. The quantitative estimate of drug-likeness (QED) is 0.840. The summed E-state index contributed by atoms with van der Waals surface area (Å²) < 4.78 is 13.6. The van der Waals surface area contributed by atoms with Crippen LogP contribution in [0.25, 0.3) is 6.08 Å². The molecule has 0 amide bonds. The second-order valence-corrected chi connectivity index (χ2v) is 5.36. The van der Waals surface area contributed by atoms with Crippen molar-refractivity contribution in [2.45, 2.75) is 26.3 Å². The van der Waals surface area contributed by atoms with Crippen molar-refractivity contribution in [2.24, 2.45) is 5.92 Å². The lowest BCUT2D eigenvalue weighted by atomic mass is 10.1. The van der Waals surface area contributed by atoms with Gasteiger partial charge in [-0.2, -0.15) is 0 Å². The maximum atomic E-state index is 13.6. The van der Waals surface area contributed by atoms with Crippen LogP contribution in [-0.2, 0) is 11.3 Å². The molecule has 0 saturated carbocycles. The molecule has 0 aromatic heterocycles. The predicted molar refractivity (Wildman–Crippen MR) is 76.7 cm³/mol. The van der Waals surface area contributed by atoms with Crippen molar-refractivity contribution >= 4 is 12.0 Å².